The first-order valence-corrected chi connectivity index (χ1v) is 11.1. The van der Waals surface area contributed by atoms with Crippen LogP contribution in [0.5, 0.6) is 0 Å². The second-order valence-corrected chi connectivity index (χ2v) is 8.63. The molecule has 0 bridgehead atoms. The third-order valence-electron chi connectivity index (χ3n) is 5.84. The largest absolute Gasteiger partial charge is 0.380 e. The highest BCUT2D eigenvalue weighted by Gasteiger charge is 2.28. The second-order valence-electron chi connectivity index (χ2n) is 7.78. The van der Waals surface area contributed by atoms with Crippen molar-refractivity contribution in [1.29, 1.82) is 0 Å². The van der Waals surface area contributed by atoms with Crippen LogP contribution >= 0.6 is 15.9 Å². The molecule has 7 heteroatoms. The molecule has 0 amide bonds. The number of anilines is 1. The average molecular weight is 458 g/mol. The summed E-state index contributed by atoms with van der Waals surface area (Å²) in [6.07, 6.45) is 6.23. The lowest BCUT2D eigenvalue weighted by Crippen LogP contribution is -2.33. The van der Waals surface area contributed by atoms with E-state index < -0.39 is 0 Å². The van der Waals surface area contributed by atoms with Crippen LogP contribution in [0.1, 0.15) is 39.2 Å². The minimum absolute atomic E-state index is 0.531. The Morgan fingerprint density at radius 3 is 2.55 bits per heavy atom. The topological polar surface area (TPSA) is 56.1 Å². The van der Waals surface area contributed by atoms with Crippen LogP contribution in [0.4, 0.5) is 5.82 Å². The van der Waals surface area contributed by atoms with Gasteiger partial charge in [-0.05, 0) is 74.2 Å². The Hall–Kier alpha value is -1.99. The van der Waals surface area contributed by atoms with Gasteiger partial charge in [0.2, 0.25) is 0 Å². The van der Waals surface area contributed by atoms with Crippen LogP contribution in [-0.4, -0.2) is 44.8 Å². The summed E-state index contributed by atoms with van der Waals surface area (Å²) < 4.78 is 8.71. The molecule has 1 fully saturated rings. The van der Waals surface area contributed by atoms with Gasteiger partial charge in [0.05, 0.1) is 6.61 Å². The second kappa shape index (κ2) is 8.40. The van der Waals surface area contributed by atoms with Gasteiger partial charge >= 0.3 is 0 Å². The highest BCUT2D eigenvalue weighted by molar-refractivity contribution is 9.10. The van der Waals surface area contributed by atoms with Crippen molar-refractivity contribution < 1.29 is 4.74 Å². The number of imidazole rings is 1. The normalized spacial score (nSPS) is 19.4. The van der Waals surface area contributed by atoms with Crippen molar-refractivity contribution in [3.8, 4) is 11.4 Å². The maximum absolute atomic E-state index is 5.60. The van der Waals surface area contributed by atoms with Gasteiger partial charge in [-0.15, -0.1) is 0 Å². The maximum Gasteiger partial charge on any atom is 0.160 e. The van der Waals surface area contributed by atoms with Crippen LogP contribution in [0.2, 0.25) is 0 Å². The predicted molar refractivity (Wildman–Crippen MR) is 120 cm³/mol. The molecule has 154 valence electrons. The molecule has 0 aliphatic carbocycles. The maximum atomic E-state index is 5.60. The van der Waals surface area contributed by atoms with Gasteiger partial charge < -0.3 is 14.2 Å². The zero-order valence-electron chi connectivity index (χ0n) is 17.5. The van der Waals surface area contributed by atoms with E-state index in [1.54, 1.807) is 0 Å². The lowest BCUT2D eigenvalue weighted by atomic mass is 10.2. The van der Waals surface area contributed by atoms with Crippen molar-refractivity contribution >= 4 is 32.9 Å². The molecule has 0 aromatic carbocycles. The Morgan fingerprint density at radius 1 is 1.14 bits per heavy atom. The summed E-state index contributed by atoms with van der Waals surface area (Å²) in [6, 6.07) is 5.31. The molecule has 0 radical (unpaired) electrons. The summed E-state index contributed by atoms with van der Waals surface area (Å²) in [5.74, 6) is 1.93. The Bertz CT molecular complexity index is 991. The van der Waals surface area contributed by atoms with E-state index >= 15 is 0 Å². The Labute approximate surface area is 180 Å². The van der Waals surface area contributed by atoms with Gasteiger partial charge in [0.1, 0.15) is 17.2 Å². The summed E-state index contributed by atoms with van der Waals surface area (Å²) in [6.45, 7) is 10.7. The van der Waals surface area contributed by atoms with Crippen molar-refractivity contribution in [1.82, 2.24) is 19.5 Å². The molecule has 0 saturated carbocycles. The number of fused-ring (bicyclic) bond motifs is 1. The van der Waals surface area contributed by atoms with E-state index in [1.807, 2.05) is 19.3 Å². The Morgan fingerprint density at radius 2 is 1.90 bits per heavy atom. The zero-order chi connectivity index (χ0) is 20.5. The molecule has 0 unspecified atom stereocenters. The van der Waals surface area contributed by atoms with Crippen LogP contribution in [0, 0.1) is 6.92 Å². The van der Waals surface area contributed by atoms with Crippen molar-refractivity contribution in [3.05, 3.63) is 34.6 Å². The average Bonchev–Trinajstić information content (AvgIpc) is 3.25. The molecule has 2 atom stereocenters. The van der Waals surface area contributed by atoms with E-state index in [1.165, 1.54) is 12.8 Å². The Balaban J connectivity index is 1.74. The number of aromatic nitrogens is 4. The molecule has 1 aliphatic heterocycles. The van der Waals surface area contributed by atoms with Crippen LogP contribution in [0.15, 0.2) is 29.0 Å². The number of pyridine rings is 2. The van der Waals surface area contributed by atoms with E-state index in [-0.39, 0.29) is 0 Å². The van der Waals surface area contributed by atoms with Gasteiger partial charge in [0.25, 0.3) is 0 Å². The van der Waals surface area contributed by atoms with Crippen molar-refractivity contribution in [2.24, 2.45) is 0 Å². The SMILES string of the molecule is CCOCCn1c(-c2ccc(N3[C@@H](C)CC[C@@H]3C)nc2)nc2c(C)c(Br)cnc21. The fourth-order valence-electron chi connectivity index (χ4n) is 4.20. The minimum Gasteiger partial charge on any atom is -0.380 e. The molecule has 29 heavy (non-hydrogen) atoms. The number of aryl methyl sites for hydroxylation is 1. The first kappa shape index (κ1) is 20.3. The van der Waals surface area contributed by atoms with E-state index in [9.17, 15) is 0 Å². The van der Waals surface area contributed by atoms with Crippen LogP contribution in [0.3, 0.4) is 0 Å². The molecule has 4 rings (SSSR count). The van der Waals surface area contributed by atoms with E-state index in [0.29, 0.717) is 31.8 Å². The highest BCUT2D eigenvalue weighted by atomic mass is 79.9. The molecular weight excluding hydrogens is 430 g/mol. The molecule has 0 N–H and O–H groups in total. The van der Waals surface area contributed by atoms with Gasteiger partial charge in [0.15, 0.2) is 5.65 Å². The Kier molecular flexibility index (Phi) is 5.88. The van der Waals surface area contributed by atoms with Gasteiger partial charge in [-0.1, -0.05) is 0 Å². The lowest BCUT2D eigenvalue weighted by Gasteiger charge is -2.27. The van der Waals surface area contributed by atoms with E-state index in [2.05, 4.69) is 63.3 Å². The first-order chi connectivity index (χ1) is 14.0. The van der Waals surface area contributed by atoms with Crippen LogP contribution in [0.25, 0.3) is 22.6 Å². The fourth-order valence-corrected chi connectivity index (χ4v) is 4.49. The minimum atomic E-state index is 0.531. The number of ether oxygens (including phenoxy) is 1. The third kappa shape index (κ3) is 3.78. The zero-order valence-corrected chi connectivity index (χ0v) is 19.1. The summed E-state index contributed by atoms with van der Waals surface area (Å²) in [4.78, 5) is 16.8. The van der Waals surface area contributed by atoms with Crippen molar-refractivity contribution in [2.45, 2.75) is 59.2 Å². The highest BCUT2D eigenvalue weighted by Crippen LogP contribution is 2.32. The standard InChI is InChI=1S/C22H28BrN5O/c1-5-29-11-10-27-21(26-20-16(4)18(23)13-25-22(20)27)17-8-9-19(24-12-17)28-14(2)6-7-15(28)3/h8-9,12-15H,5-7,10-11H2,1-4H3/t14-,15-/m0/s1. The molecule has 3 aromatic heterocycles. The van der Waals surface area contributed by atoms with Gasteiger partial charge in [-0.2, -0.15) is 0 Å². The molecule has 6 nitrogen and oxygen atoms in total. The van der Waals surface area contributed by atoms with Crippen LogP contribution in [-0.2, 0) is 11.3 Å². The smallest absolute Gasteiger partial charge is 0.160 e. The molecule has 1 aliphatic rings. The summed E-state index contributed by atoms with van der Waals surface area (Å²) in [5, 5.41) is 0. The van der Waals surface area contributed by atoms with Crippen molar-refractivity contribution in [3.63, 3.8) is 0 Å². The number of nitrogens with zero attached hydrogens (tertiary/aromatic N) is 5. The number of hydrogen-bond acceptors (Lipinski definition) is 5. The number of hydrogen-bond donors (Lipinski definition) is 0. The number of rotatable bonds is 6. The molecular formula is C22H28BrN5O. The summed E-state index contributed by atoms with van der Waals surface area (Å²) in [7, 11) is 0. The summed E-state index contributed by atoms with van der Waals surface area (Å²) >= 11 is 3.57. The molecule has 3 aromatic rings. The van der Waals surface area contributed by atoms with Gasteiger partial charge in [-0.3, -0.25) is 0 Å². The predicted octanol–water partition coefficient (Wildman–Crippen LogP) is 4.98. The van der Waals surface area contributed by atoms with Gasteiger partial charge in [0, 0.05) is 47.7 Å². The van der Waals surface area contributed by atoms with Crippen LogP contribution < -0.4 is 4.90 Å². The van der Waals surface area contributed by atoms with Crippen molar-refractivity contribution in [2.75, 3.05) is 18.1 Å². The summed E-state index contributed by atoms with van der Waals surface area (Å²) in [5.41, 5.74) is 3.89. The monoisotopic (exact) mass is 457 g/mol. The van der Waals surface area contributed by atoms with Gasteiger partial charge in [-0.25, -0.2) is 15.0 Å². The molecule has 1 saturated heterocycles. The first-order valence-electron chi connectivity index (χ1n) is 10.3. The quantitative estimate of drug-likeness (QED) is 0.488. The fraction of sp³-hybridized carbons (Fsp3) is 0.500. The van der Waals surface area contributed by atoms with E-state index in [0.717, 1.165) is 38.4 Å². The van der Waals surface area contributed by atoms with E-state index in [4.69, 9.17) is 14.7 Å². The third-order valence-corrected chi connectivity index (χ3v) is 6.64. The molecule has 4 heterocycles. The molecule has 0 spiro atoms. The lowest BCUT2D eigenvalue weighted by molar-refractivity contribution is 0.140. The number of halogens is 1.